The summed E-state index contributed by atoms with van der Waals surface area (Å²) in [5.74, 6) is 0.834. The number of carbonyl (C=O) groups is 1. The van der Waals surface area contributed by atoms with Crippen LogP contribution in [-0.2, 0) is 4.79 Å². The van der Waals surface area contributed by atoms with Crippen LogP contribution in [0.4, 0.5) is 0 Å². The van der Waals surface area contributed by atoms with Gasteiger partial charge in [-0.15, -0.1) is 0 Å². The largest absolute Gasteiger partial charge is 0.389 e. The molecule has 2 fully saturated rings. The summed E-state index contributed by atoms with van der Waals surface area (Å²) in [5.41, 5.74) is -0.732. The first-order valence-electron chi connectivity index (χ1n) is 8.79. The number of hydrogen-bond donors (Lipinski definition) is 2. The van der Waals surface area contributed by atoms with Gasteiger partial charge in [-0.05, 0) is 51.1 Å². The fraction of sp³-hybridized carbons (Fsp3) is 0.941. The molecule has 2 rings (SSSR count). The van der Waals surface area contributed by atoms with E-state index in [1.54, 1.807) is 0 Å². The lowest BCUT2D eigenvalue weighted by Gasteiger charge is -2.32. The molecule has 1 amide bonds. The molecule has 21 heavy (non-hydrogen) atoms. The molecule has 0 aromatic heterocycles. The Bertz CT molecular complexity index is 327. The van der Waals surface area contributed by atoms with Crippen molar-refractivity contribution in [2.45, 2.75) is 70.3 Å². The van der Waals surface area contributed by atoms with E-state index in [0.29, 0.717) is 0 Å². The van der Waals surface area contributed by atoms with Gasteiger partial charge < -0.3 is 15.3 Å². The van der Waals surface area contributed by atoms with Gasteiger partial charge in [-0.3, -0.25) is 4.79 Å². The van der Waals surface area contributed by atoms with Gasteiger partial charge in [0.1, 0.15) is 0 Å². The van der Waals surface area contributed by atoms with Gasteiger partial charge in [0.05, 0.1) is 12.0 Å². The Morgan fingerprint density at radius 1 is 1.29 bits per heavy atom. The van der Waals surface area contributed by atoms with Crippen molar-refractivity contribution in [3.8, 4) is 0 Å². The van der Waals surface area contributed by atoms with Gasteiger partial charge in [0.25, 0.3) is 0 Å². The van der Waals surface area contributed by atoms with Crippen molar-refractivity contribution in [1.29, 1.82) is 0 Å². The molecule has 122 valence electrons. The van der Waals surface area contributed by atoms with Gasteiger partial charge in [-0.25, -0.2) is 0 Å². The zero-order chi connectivity index (χ0) is 15.1. The summed E-state index contributed by atoms with van der Waals surface area (Å²) in [5, 5.41) is 13.3. The first-order valence-corrected chi connectivity index (χ1v) is 8.79. The Morgan fingerprint density at radius 2 is 2.05 bits per heavy atom. The van der Waals surface area contributed by atoms with E-state index in [2.05, 4.69) is 17.1 Å². The van der Waals surface area contributed by atoms with Crippen LogP contribution < -0.4 is 5.32 Å². The molecule has 0 bridgehead atoms. The summed E-state index contributed by atoms with van der Waals surface area (Å²) in [7, 11) is 0. The quantitative estimate of drug-likeness (QED) is 0.740. The van der Waals surface area contributed by atoms with E-state index in [-0.39, 0.29) is 12.3 Å². The Hall–Kier alpha value is -0.610. The lowest BCUT2D eigenvalue weighted by atomic mass is 9.82. The molecule has 2 aliphatic rings. The summed E-state index contributed by atoms with van der Waals surface area (Å²) in [6.45, 7) is 6.54. The third kappa shape index (κ3) is 5.95. The second kappa shape index (κ2) is 8.14. The van der Waals surface area contributed by atoms with E-state index in [9.17, 15) is 9.90 Å². The van der Waals surface area contributed by atoms with Crippen LogP contribution in [0.3, 0.4) is 0 Å². The van der Waals surface area contributed by atoms with Crippen molar-refractivity contribution in [2.75, 3.05) is 26.2 Å². The third-order valence-electron chi connectivity index (χ3n) is 4.99. The molecule has 1 aliphatic carbocycles. The summed E-state index contributed by atoms with van der Waals surface area (Å²) < 4.78 is 0. The summed E-state index contributed by atoms with van der Waals surface area (Å²) >= 11 is 0. The van der Waals surface area contributed by atoms with Gasteiger partial charge >= 0.3 is 0 Å². The minimum Gasteiger partial charge on any atom is -0.389 e. The van der Waals surface area contributed by atoms with Crippen molar-refractivity contribution in [3.05, 3.63) is 0 Å². The highest BCUT2D eigenvalue weighted by Crippen LogP contribution is 2.30. The molecule has 1 unspecified atom stereocenters. The smallest absolute Gasteiger partial charge is 0.222 e. The molecule has 1 saturated heterocycles. The predicted molar refractivity (Wildman–Crippen MR) is 85.1 cm³/mol. The molecule has 0 spiro atoms. The number of rotatable bonds is 6. The van der Waals surface area contributed by atoms with Crippen LogP contribution in [0, 0.1) is 5.92 Å². The Morgan fingerprint density at radius 3 is 2.76 bits per heavy atom. The van der Waals surface area contributed by atoms with E-state index in [0.717, 1.165) is 51.1 Å². The molecule has 1 atom stereocenters. The number of likely N-dealkylation sites (tertiary alicyclic amines) is 1. The lowest BCUT2D eigenvalue weighted by molar-refractivity contribution is -0.127. The van der Waals surface area contributed by atoms with E-state index in [1.165, 1.54) is 32.4 Å². The maximum Gasteiger partial charge on any atom is 0.222 e. The number of hydrogen-bond acceptors (Lipinski definition) is 3. The van der Waals surface area contributed by atoms with E-state index >= 15 is 0 Å². The Labute approximate surface area is 129 Å². The molecule has 4 heteroatoms. The normalized spacial score (nSPS) is 26.5. The summed E-state index contributed by atoms with van der Waals surface area (Å²) in [4.78, 5) is 14.4. The van der Waals surface area contributed by atoms with Crippen LogP contribution in [0.1, 0.15) is 64.7 Å². The van der Waals surface area contributed by atoms with Gasteiger partial charge in [-0.2, -0.15) is 0 Å². The molecule has 0 aromatic rings. The molecular weight excluding hydrogens is 264 g/mol. The van der Waals surface area contributed by atoms with Crippen LogP contribution in [-0.4, -0.2) is 47.7 Å². The zero-order valence-electron chi connectivity index (χ0n) is 13.6. The van der Waals surface area contributed by atoms with Crippen LogP contribution in [0.15, 0.2) is 0 Å². The highest BCUT2D eigenvalue weighted by Gasteiger charge is 2.31. The topological polar surface area (TPSA) is 52.6 Å². The summed E-state index contributed by atoms with van der Waals surface area (Å²) in [6, 6.07) is 0. The molecule has 1 aliphatic heterocycles. The van der Waals surface area contributed by atoms with E-state index in [1.807, 2.05) is 0 Å². The molecule has 4 nitrogen and oxygen atoms in total. The molecule has 0 aromatic carbocycles. The van der Waals surface area contributed by atoms with E-state index in [4.69, 9.17) is 0 Å². The van der Waals surface area contributed by atoms with Crippen molar-refractivity contribution in [1.82, 2.24) is 10.2 Å². The van der Waals surface area contributed by atoms with Crippen LogP contribution in [0.5, 0.6) is 0 Å². The van der Waals surface area contributed by atoms with Gasteiger partial charge in [0.15, 0.2) is 0 Å². The average molecular weight is 296 g/mol. The standard InChI is InChI=1S/C17H32N2O2/c1-15-7-5-11-19(14-15)12-6-10-18-16(20)13-17(21)8-3-2-4-9-17/h15,21H,2-14H2,1H3,(H,18,20). The lowest BCUT2D eigenvalue weighted by Crippen LogP contribution is -2.40. The molecule has 1 heterocycles. The van der Waals surface area contributed by atoms with Crippen molar-refractivity contribution in [2.24, 2.45) is 5.92 Å². The minimum atomic E-state index is -0.732. The van der Waals surface area contributed by atoms with Crippen molar-refractivity contribution >= 4 is 5.91 Å². The predicted octanol–water partition coefficient (Wildman–Crippen LogP) is 2.31. The Kier molecular flexibility index (Phi) is 6.49. The van der Waals surface area contributed by atoms with E-state index < -0.39 is 5.60 Å². The number of nitrogens with zero attached hydrogens (tertiary/aromatic N) is 1. The SMILES string of the molecule is CC1CCCN(CCCNC(=O)CC2(O)CCCCC2)C1. The van der Waals surface area contributed by atoms with Gasteiger partial charge in [0, 0.05) is 13.1 Å². The third-order valence-corrected chi connectivity index (χ3v) is 4.99. The van der Waals surface area contributed by atoms with Gasteiger partial charge in [-0.1, -0.05) is 26.2 Å². The fourth-order valence-corrected chi connectivity index (χ4v) is 3.77. The average Bonchev–Trinajstić information content (AvgIpc) is 2.44. The summed E-state index contributed by atoms with van der Waals surface area (Å²) in [6.07, 6.45) is 8.82. The van der Waals surface area contributed by atoms with Crippen molar-refractivity contribution in [3.63, 3.8) is 0 Å². The van der Waals surface area contributed by atoms with Crippen LogP contribution >= 0.6 is 0 Å². The minimum absolute atomic E-state index is 0.0198. The number of amides is 1. The fourth-order valence-electron chi connectivity index (χ4n) is 3.77. The number of nitrogens with one attached hydrogen (secondary N) is 1. The molecule has 1 saturated carbocycles. The first-order chi connectivity index (χ1) is 10.1. The number of aliphatic hydroxyl groups is 1. The number of carbonyl (C=O) groups excluding carboxylic acids is 1. The van der Waals surface area contributed by atoms with Crippen LogP contribution in [0.25, 0.3) is 0 Å². The number of piperidine rings is 1. The molecule has 0 radical (unpaired) electrons. The second-order valence-electron chi connectivity index (χ2n) is 7.21. The van der Waals surface area contributed by atoms with Gasteiger partial charge in [0.2, 0.25) is 5.91 Å². The van der Waals surface area contributed by atoms with Crippen molar-refractivity contribution < 1.29 is 9.90 Å². The zero-order valence-corrected chi connectivity index (χ0v) is 13.6. The highest BCUT2D eigenvalue weighted by molar-refractivity contribution is 5.76. The second-order valence-corrected chi connectivity index (χ2v) is 7.21. The Balaban J connectivity index is 1.56. The monoisotopic (exact) mass is 296 g/mol. The molecular formula is C17H32N2O2. The maximum atomic E-state index is 11.9. The van der Waals surface area contributed by atoms with Crippen LogP contribution in [0.2, 0.25) is 0 Å². The molecule has 2 N–H and O–H groups in total. The highest BCUT2D eigenvalue weighted by atomic mass is 16.3. The maximum absolute atomic E-state index is 11.9. The first kappa shape index (κ1) is 16.8.